The van der Waals surface area contributed by atoms with E-state index in [1.54, 1.807) is 0 Å². The molecule has 0 amide bonds. The predicted molar refractivity (Wildman–Crippen MR) is 53.7 cm³/mol. The molecule has 1 fully saturated rings. The van der Waals surface area contributed by atoms with E-state index in [4.69, 9.17) is 10.2 Å². The number of carbonyl (C=O) groups is 2. The molecule has 0 aromatic carbocycles. The van der Waals surface area contributed by atoms with Gasteiger partial charge in [-0.3, -0.25) is 14.5 Å². The van der Waals surface area contributed by atoms with Crippen molar-refractivity contribution in [2.75, 3.05) is 7.05 Å². The van der Waals surface area contributed by atoms with Gasteiger partial charge in [0.2, 0.25) is 0 Å². The topological polar surface area (TPSA) is 77.8 Å². The Morgan fingerprint density at radius 1 is 1.13 bits per heavy atom. The number of nitrogens with zero attached hydrogens (tertiary/aromatic N) is 1. The van der Waals surface area contributed by atoms with Crippen molar-refractivity contribution in [2.24, 2.45) is 0 Å². The second-order valence-electron chi connectivity index (χ2n) is 4.10. The largest absolute Gasteiger partial charge is 0.481 e. The summed E-state index contributed by atoms with van der Waals surface area (Å²) in [6, 6.07) is -0.0267. The van der Waals surface area contributed by atoms with Gasteiger partial charge in [0.15, 0.2) is 0 Å². The quantitative estimate of drug-likeness (QED) is 0.725. The number of piperidine rings is 1. The molecule has 1 heterocycles. The van der Waals surface area contributed by atoms with Crippen molar-refractivity contribution in [3.05, 3.63) is 0 Å². The lowest BCUT2D eigenvalue weighted by atomic mass is 9.92. The first kappa shape index (κ1) is 12.0. The Morgan fingerprint density at radius 3 is 1.87 bits per heavy atom. The van der Waals surface area contributed by atoms with Crippen LogP contribution in [0.15, 0.2) is 0 Å². The lowest BCUT2D eigenvalue weighted by Gasteiger charge is -2.38. The molecule has 1 rings (SSSR count). The van der Waals surface area contributed by atoms with Gasteiger partial charge < -0.3 is 10.2 Å². The molecule has 5 heteroatoms. The van der Waals surface area contributed by atoms with Crippen molar-refractivity contribution in [1.82, 2.24) is 4.90 Å². The lowest BCUT2D eigenvalue weighted by Crippen LogP contribution is -2.45. The lowest BCUT2D eigenvalue weighted by molar-refractivity contribution is -0.140. The molecular weight excluding hydrogens is 198 g/mol. The second-order valence-corrected chi connectivity index (χ2v) is 4.10. The van der Waals surface area contributed by atoms with Gasteiger partial charge in [-0.2, -0.15) is 0 Å². The van der Waals surface area contributed by atoms with E-state index in [0.717, 1.165) is 19.3 Å². The fourth-order valence-corrected chi connectivity index (χ4v) is 2.19. The van der Waals surface area contributed by atoms with Gasteiger partial charge in [-0.05, 0) is 19.9 Å². The summed E-state index contributed by atoms with van der Waals surface area (Å²) >= 11 is 0. The minimum Gasteiger partial charge on any atom is -0.481 e. The van der Waals surface area contributed by atoms with E-state index in [9.17, 15) is 9.59 Å². The molecule has 0 saturated carbocycles. The molecule has 0 aromatic rings. The Labute approximate surface area is 88.7 Å². The van der Waals surface area contributed by atoms with Crippen molar-refractivity contribution >= 4 is 11.9 Å². The maximum atomic E-state index is 10.6. The monoisotopic (exact) mass is 215 g/mol. The molecule has 0 bridgehead atoms. The van der Waals surface area contributed by atoms with Crippen LogP contribution >= 0.6 is 0 Å². The highest BCUT2D eigenvalue weighted by Gasteiger charge is 2.30. The Hall–Kier alpha value is -1.10. The van der Waals surface area contributed by atoms with Crippen molar-refractivity contribution in [2.45, 2.75) is 44.2 Å². The predicted octanol–water partition coefficient (Wildman–Crippen LogP) is 0.789. The number of hydrogen-bond acceptors (Lipinski definition) is 3. The Balaban J connectivity index is 2.54. The molecule has 2 atom stereocenters. The highest BCUT2D eigenvalue weighted by Crippen LogP contribution is 2.25. The van der Waals surface area contributed by atoms with Crippen LogP contribution in [0.1, 0.15) is 32.1 Å². The van der Waals surface area contributed by atoms with Crippen molar-refractivity contribution in [3.8, 4) is 0 Å². The third kappa shape index (κ3) is 3.51. The van der Waals surface area contributed by atoms with Crippen LogP contribution in [0, 0.1) is 0 Å². The molecule has 1 aliphatic heterocycles. The van der Waals surface area contributed by atoms with E-state index in [1.165, 1.54) is 0 Å². The molecule has 0 unspecified atom stereocenters. The molecule has 15 heavy (non-hydrogen) atoms. The Morgan fingerprint density at radius 2 is 1.53 bits per heavy atom. The van der Waals surface area contributed by atoms with Crippen LogP contribution < -0.4 is 0 Å². The van der Waals surface area contributed by atoms with Gasteiger partial charge in [0.05, 0.1) is 12.8 Å². The van der Waals surface area contributed by atoms with Crippen LogP contribution in [0.4, 0.5) is 0 Å². The van der Waals surface area contributed by atoms with Gasteiger partial charge in [0.25, 0.3) is 0 Å². The first-order valence-corrected chi connectivity index (χ1v) is 5.16. The van der Waals surface area contributed by atoms with Crippen LogP contribution in [0.3, 0.4) is 0 Å². The van der Waals surface area contributed by atoms with Crippen molar-refractivity contribution < 1.29 is 19.8 Å². The van der Waals surface area contributed by atoms with Gasteiger partial charge in [0, 0.05) is 12.1 Å². The fourth-order valence-electron chi connectivity index (χ4n) is 2.19. The van der Waals surface area contributed by atoms with Crippen LogP contribution in [0.5, 0.6) is 0 Å². The molecule has 1 saturated heterocycles. The summed E-state index contributed by atoms with van der Waals surface area (Å²) in [6.07, 6.45) is 2.82. The van der Waals surface area contributed by atoms with Gasteiger partial charge in [-0.1, -0.05) is 6.42 Å². The van der Waals surface area contributed by atoms with Gasteiger partial charge in [-0.25, -0.2) is 0 Å². The third-order valence-corrected chi connectivity index (χ3v) is 3.05. The smallest absolute Gasteiger partial charge is 0.304 e. The van der Waals surface area contributed by atoms with Crippen LogP contribution in [0.2, 0.25) is 0 Å². The molecule has 2 N–H and O–H groups in total. The molecule has 0 aromatic heterocycles. The molecule has 5 nitrogen and oxygen atoms in total. The van der Waals surface area contributed by atoms with Gasteiger partial charge in [0.1, 0.15) is 0 Å². The van der Waals surface area contributed by atoms with E-state index in [0.29, 0.717) is 0 Å². The summed E-state index contributed by atoms with van der Waals surface area (Å²) in [6.45, 7) is 0. The van der Waals surface area contributed by atoms with Crippen LogP contribution in [-0.4, -0.2) is 46.2 Å². The first-order chi connectivity index (χ1) is 7.00. The number of rotatable bonds is 4. The van der Waals surface area contributed by atoms with E-state index in [1.807, 2.05) is 11.9 Å². The second kappa shape index (κ2) is 5.11. The van der Waals surface area contributed by atoms with Crippen LogP contribution in [-0.2, 0) is 9.59 Å². The number of hydrogen-bond donors (Lipinski definition) is 2. The maximum Gasteiger partial charge on any atom is 0.304 e. The minimum absolute atomic E-state index is 0.0133. The average molecular weight is 215 g/mol. The highest BCUT2D eigenvalue weighted by atomic mass is 16.4. The van der Waals surface area contributed by atoms with E-state index >= 15 is 0 Å². The Bertz CT molecular complexity index is 230. The summed E-state index contributed by atoms with van der Waals surface area (Å²) in [5, 5.41) is 17.4. The fraction of sp³-hybridized carbons (Fsp3) is 0.800. The normalized spacial score (nSPS) is 27.5. The van der Waals surface area contributed by atoms with Crippen LogP contribution in [0.25, 0.3) is 0 Å². The summed E-state index contributed by atoms with van der Waals surface area (Å²) in [5.41, 5.74) is 0. The van der Waals surface area contributed by atoms with Gasteiger partial charge >= 0.3 is 11.9 Å². The van der Waals surface area contributed by atoms with Crippen molar-refractivity contribution in [1.29, 1.82) is 0 Å². The molecule has 0 aliphatic carbocycles. The zero-order valence-corrected chi connectivity index (χ0v) is 8.85. The summed E-state index contributed by atoms with van der Waals surface area (Å²) in [7, 11) is 1.82. The SMILES string of the molecule is CN1[C@@H](CC(=O)O)CCC[C@H]1CC(=O)O. The molecule has 1 aliphatic rings. The average Bonchev–Trinajstić information content (AvgIpc) is 2.10. The minimum atomic E-state index is -0.817. The number of likely N-dealkylation sites (tertiary alicyclic amines) is 1. The van der Waals surface area contributed by atoms with E-state index in [2.05, 4.69) is 0 Å². The number of carboxylic acid groups (broad SMARTS) is 2. The number of aliphatic carboxylic acids is 2. The number of carboxylic acids is 2. The zero-order valence-electron chi connectivity index (χ0n) is 8.85. The molecule has 0 spiro atoms. The standard InChI is InChI=1S/C10H17NO4/c1-11-7(5-9(12)13)3-2-4-8(11)6-10(14)15/h7-8H,2-6H2,1H3,(H,12,13)(H,14,15)/t7-,8+. The van der Waals surface area contributed by atoms with E-state index < -0.39 is 11.9 Å². The summed E-state index contributed by atoms with van der Waals surface area (Å²) in [5.74, 6) is -1.63. The van der Waals surface area contributed by atoms with Crippen molar-refractivity contribution in [3.63, 3.8) is 0 Å². The molecule has 0 radical (unpaired) electrons. The summed E-state index contributed by atoms with van der Waals surface area (Å²) in [4.78, 5) is 23.1. The van der Waals surface area contributed by atoms with E-state index in [-0.39, 0.29) is 24.9 Å². The summed E-state index contributed by atoms with van der Waals surface area (Å²) < 4.78 is 0. The maximum absolute atomic E-state index is 10.6. The Kier molecular flexibility index (Phi) is 4.08. The van der Waals surface area contributed by atoms with Gasteiger partial charge in [-0.15, -0.1) is 0 Å². The molecular formula is C10H17NO4. The molecule has 86 valence electrons. The third-order valence-electron chi connectivity index (χ3n) is 3.05. The zero-order chi connectivity index (χ0) is 11.4. The first-order valence-electron chi connectivity index (χ1n) is 5.16. The highest BCUT2D eigenvalue weighted by molar-refractivity contribution is 5.68.